The van der Waals surface area contributed by atoms with Crippen LogP contribution in [-0.2, 0) is 11.3 Å². The van der Waals surface area contributed by atoms with Crippen LogP contribution in [0.1, 0.15) is 47.8 Å². The Morgan fingerprint density at radius 3 is 2.22 bits per heavy atom. The van der Waals surface area contributed by atoms with Gasteiger partial charge in [0.25, 0.3) is 5.91 Å². The van der Waals surface area contributed by atoms with Crippen molar-refractivity contribution in [3.63, 3.8) is 0 Å². The van der Waals surface area contributed by atoms with Crippen molar-refractivity contribution >= 4 is 27.8 Å². The Bertz CT molecular complexity index is 1250. The number of nitrogens with zero attached hydrogens (tertiary/aromatic N) is 1. The van der Waals surface area contributed by atoms with Crippen LogP contribution in [0.25, 0.3) is 11.1 Å². The third kappa shape index (κ3) is 5.48. The van der Waals surface area contributed by atoms with E-state index in [1.165, 1.54) is 5.56 Å². The zero-order chi connectivity index (χ0) is 26.0. The second-order valence-corrected chi connectivity index (χ2v) is 12.8. The Morgan fingerprint density at radius 2 is 1.64 bits per heavy atom. The summed E-state index contributed by atoms with van der Waals surface area (Å²) in [4.78, 5) is 28.4. The maximum Gasteiger partial charge on any atom is 0.251 e. The summed E-state index contributed by atoms with van der Waals surface area (Å²) in [6.07, 6.45) is 4.22. The fourth-order valence-electron chi connectivity index (χ4n) is 4.86. The van der Waals surface area contributed by atoms with E-state index < -0.39 is 10.3 Å². The molecule has 3 aromatic rings. The minimum atomic E-state index is -1.84. The average molecular weight is 506 g/mol. The highest BCUT2D eigenvalue weighted by Gasteiger charge is 2.33. The highest BCUT2D eigenvalue weighted by molar-refractivity contribution is 8.28. The van der Waals surface area contributed by atoms with E-state index in [1.807, 2.05) is 43.1 Å². The second kappa shape index (κ2) is 10.5. The van der Waals surface area contributed by atoms with Crippen molar-refractivity contribution < 1.29 is 14.1 Å². The number of fused-ring (bicyclic) bond motifs is 1. The molecule has 36 heavy (non-hydrogen) atoms. The van der Waals surface area contributed by atoms with Gasteiger partial charge in [-0.15, -0.1) is 10.3 Å². The summed E-state index contributed by atoms with van der Waals surface area (Å²) >= 11 is 0. The van der Waals surface area contributed by atoms with Gasteiger partial charge in [0.2, 0.25) is 5.91 Å². The Kier molecular flexibility index (Phi) is 7.54. The largest absolute Gasteiger partial charge is 0.348 e. The van der Waals surface area contributed by atoms with Gasteiger partial charge in [-0.25, -0.2) is 0 Å². The highest BCUT2D eigenvalue weighted by atomic mass is 32.3. The number of carbonyl (C=O) groups is 2. The van der Waals surface area contributed by atoms with Gasteiger partial charge in [0.1, 0.15) is 0 Å². The van der Waals surface area contributed by atoms with Crippen LogP contribution in [-0.4, -0.2) is 42.0 Å². The Balaban J connectivity index is 1.66. The van der Waals surface area contributed by atoms with Crippen molar-refractivity contribution in [1.29, 1.82) is 0 Å². The molecule has 3 aromatic carbocycles. The molecule has 7 heteroatoms. The van der Waals surface area contributed by atoms with Crippen LogP contribution in [0, 0.1) is 0 Å². The summed E-state index contributed by atoms with van der Waals surface area (Å²) in [7, 11) is 0.0830. The molecule has 6 nitrogen and oxygen atoms in total. The first-order valence-corrected chi connectivity index (χ1v) is 14.5. The molecule has 190 valence electrons. The molecule has 0 saturated heterocycles. The van der Waals surface area contributed by atoms with Gasteiger partial charge < -0.3 is 20.1 Å². The number of anilines is 1. The summed E-state index contributed by atoms with van der Waals surface area (Å²) in [6.45, 7) is 4.40. The lowest BCUT2D eigenvalue weighted by Crippen LogP contribution is -2.45. The van der Waals surface area contributed by atoms with E-state index in [4.69, 9.17) is 0 Å². The maximum absolute atomic E-state index is 13.2. The van der Waals surface area contributed by atoms with Gasteiger partial charge >= 0.3 is 0 Å². The zero-order valence-electron chi connectivity index (χ0n) is 21.5. The molecule has 2 amide bonds. The van der Waals surface area contributed by atoms with Crippen LogP contribution in [0.15, 0.2) is 71.6 Å². The van der Waals surface area contributed by atoms with Gasteiger partial charge in [-0.05, 0) is 91.6 Å². The summed E-state index contributed by atoms with van der Waals surface area (Å²) < 4.78 is 10.3. The minimum Gasteiger partial charge on any atom is -0.348 e. The third-order valence-corrected chi connectivity index (χ3v) is 8.11. The van der Waals surface area contributed by atoms with E-state index in [9.17, 15) is 14.1 Å². The lowest BCUT2D eigenvalue weighted by Gasteiger charge is -2.39. The molecule has 0 aliphatic carbocycles. The van der Waals surface area contributed by atoms with E-state index in [1.54, 1.807) is 31.6 Å². The first-order valence-electron chi connectivity index (χ1n) is 12.1. The zero-order valence-corrected chi connectivity index (χ0v) is 22.4. The smallest absolute Gasteiger partial charge is 0.251 e. The van der Waals surface area contributed by atoms with Crippen LogP contribution in [0.3, 0.4) is 0 Å². The third-order valence-electron chi connectivity index (χ3n) is 6.69. The molecule has 1 aliphatic rings. The fourth-order valence-corrected chi connectivity index (χ4v) is 5.66. The van der Waals surface area contributed by atoms with E-state index in [0.717, 1.165) is 33.8 Å². The number of benzene rings is 3. The molecule has 0 spiro atoms. The summed E-state index contributed by atoms with van der Waals surface area (Å²) in [5.74, 6) is -0.184. The summed E-state index contributed by atoms with van der Waals surface area (Å²) in [6, 6.07) is 21.4. The predicted molar refractivity (Wildman–Crippen MR) is 149 cm³/mol. The summed E-state index contributed by atoms with van der Waals surface area (Å²) in [5, 5.41) is 6.37. The van der Waals surface area contributed by atoms with Gasteiger partial charge in [0.05, 0.1) is 6.04 Å². The van der Waals surface area contributed by atoms with Crippen molar-refractivity contribution in [2.24, 2.45) is 0 Å². The van der Waals surface area contributed by atoms with Crippen LogP contribution < -0.4 is 15.5 Å². The average Bonchev–Trinajstić information content (AvgIpc) is 2.84. The Morgan fingerprint density at radius 1 is 1.00 bits per heavy atom. The van der Waals surface area contributed by atoms with E-state index >= 15 is 0 Å². The van der Waals surface area contributed by atoms with Crippen molar-refractivity contribution in [2.75, 3.05) is 24.5 Å². The van der Waals surface area contributed by atoms with E-state index in [-0.39, 0.29) is 23.9 Å². The quantitative estimate of drug-likeness (QED) is 0.408. The number of nitrogens with one attached hydrogen (secondary N) is 2. The van der Waals surface area contributed by atoms with Crippen molar-refractivity contribution in [3.05, 3.63) is 83.4 Å². The first-order chi connectivity index (χ1) is 17.1. The molecule has 0 unspecified atom stereocenters. The number of carbonyl (C=O) groups excluding carboxylic acids is 2. The number of amides is 2. The van der Waals surface area contributed by atoms with Crippen LogP contribution >= 0.6 is 10.3 Å². The highest BCUT2D eigenvalue weighted by Crippen LogP contribution is 2.44. The number of hydrogen-bond acceptors (Lipinski definition) is 4. The molecule has 0 bridgehead atoms. The SMILES string of the molecule is CNCc1ccc(-c2ccc3c(c2)[C@H](NC(=O)c2ccc(S(C)(C)O)cc2)C[C@H](C)N3C(C)=O)cc1. The van der Waals surface area contributed by atoms with Crippen molar-refractivity contribution in [2.45, 2.75) is 43.8 Å². The Hall–Kier alpha value is -3.13. The lowest BCUT2D eigenvalue weighted by atomic mass is 9.88. The van der Waals surface area contributed by atoms with Gasteiger partial charge in [-0.2, -0.15) is 0 Å². The Labute approximate surface area is 215 Å². The minimum absolute atomic E-state index is 0.0117. The van der Waals surface area contributed by atoms with Crippen molar-refractivity contribution in [1.82, 2.24) is 10.6 Å². The molecule has 4 rings (SSSR count). The fraction of sp³-hybridized carbons (Fsp3) is 0.310. The number of hydrogen-bond donors (Lipinski definition) is 3. The number of rotatable bonds is 6. The normalized spacial score (nSPS) is 17.9. The molecule has 0 saturated carbocycles. The second-order valence-electron chi connectivity index (χ2n) is 9.80. The van der Waals surface area contributed by atoms with Crippen LogP contribution in [0.5, 0.6) is 0 Å². The maximum atomic E-state index is 13.2. The van der Waals surface area contributed by atoms with Gasteiger partial charge in [-0.3, -0.25) is 9.59 Å². The molecule has 0 aromatic heterocycles. The topological polar surface area (TPSA) is 81.7 Å². The molecule has 1 heterocycles. The molecule has 1 aliphatic heterocycles. The van der Waals surface area contributed by atoms with Gasteiger partial charge in [-0.1, -0.05) is 30.3 Å². The van der Waals surface area contributed by atoms with Gasteiger partial charge in [0, 0.05) is 35.7 Å². The summed E-state index contributed by atoms with van der Waals surface area (Å²) in [5.41, 5.74) is 5.65. The van der Waals surface area contributed by atoms with E-state index in [2.05, 4.69) is 41.0 Å². The lowest BCUT2D eigenvalue weighted by molar-refractivity contribution is -0.117. The monoisotopic (exact) mass is 505 g/mol. The molecule has 0 radical (unpaired) electrons. The molecule has 2 atom stereocenters. The standard InChI is InChI=1S/C29H35N3O3S/c1-19-16-27(31-29(34)23-10-13-25(14-11-23)36(4,5)35)26-17-24(12-15-28(26)32(19)20(2)33)22-8-6-21(7-9-22)18-30-3/h6-15,17,19,27,30,35H,16,18H2,1-5H3,(H,31,34)/t19-,27+/m0/s1. The molecular formula is C29H35N3O3S. The van der Waals surface area contributed by atoms with Crippen LogP contribution in [0.4, 0.5) is 5.69 Å². The predicted octanol–water partition coefficient (Wildman–Crippen LogP) is 5.59. The molecule has 3 N–H and O–H groups in total. The van der Waals surface area contributed by atoms with E-state index in [0.29, 0.717) is 12.0 Å². The van der Waals surface area contributed by atoms with Crippen molar-refractivity contribution in [3.8, 4) is 11.1 Å². The van der Waals surface area contributed by atoms with Crippen LogP contribution in [0.2, 0.25) is 0 Å². The molecule has 0 fully saturated rings. The van der Waals surface area contributed by atoms with Gasteiger partial charge in [0.15, 0.2) is 0 Å². The molecular weight excluding hydrogens is 470 g/mol. The first kappa shape index (κ1) is 25.9.